The average Bonchev–Trinajstić information content (AvgIpc) is 2.95. The van der Waals surface area contributed by atoms with Crippen molar-refractivity contribution in [2.75, 3.05) is 19.1 Å². The molecule has 3 aromatic rings. The zero-order valence-electron chi connectivity index (χ0n) is 12.8. The summed E-state index contributed by atoms with van der Waals surface area (Å²) in [6, 6.07) is 12.9. The molecule has 3 rings (SSSR count). The second kappa shape index (κ2) is 5.96. The lowest BCUT2D eigenvalue weighted by molar-refractivity contribution is -0.389. The summed E-state index contributed by atoms with van der Waals surface area (Å²) in [7, 11) is 3.40. The third-order valence-corrected chi connectivity index (χ3v) is 3.60. The van der Waals surface area contributed by atoms with Gasteiger partial charge in [0.25, 0.3) is 0 Å². The zero-order chi connectivity index (χ0) is 16.4. The molecule has 0 unspecified atom stereocenters. The number of imidazole rings is 1. The Morgan fingerprint density at radius 1 is 1.26 bits per heavy atom. The van der Waals surface area contributed by atoms with E-state index in [-0.39, 0.29) is 5.82 Å². The van der Waals surface area contributed by atoms with E-state index in [0.717, 1.165) is 11.3 Å². The van der Waals surface area contributed by atoms with Crippen molar-refractivity contribution < 1.29 is 9.66 Å². The molecule has 0 atom stereocenters. The Morgan fingerprint density at radius 2 is 2.00 bits per heavy atom. The molecule has 0 aliphatic carbocycles. The van der Waals surface area contributed by atoms with E-state index in [1.54, 1.807) is 43.5 Å². The Hall–Kier alpha value is -3.09. The third-order valence-electron chi connectivity index (χ3n) is 3.60. The fourth-order valence-corrected chi connectivity index (χ4v) is 2.48. The molecule has 23 heavy (non-hydrogen) atoms. The van der Waals surface area contributed by atoms with E-state index >= 15 is 0 Å². The molecule has 0 radical (unpaired) electrons. The Balaban J connectivity index is 1.95. The van der Waals surface area contributed by atoms with Gasteiger partial charge in [0.15, 0.2) is 0 Å². The lowest BCUT2D eigenvalue weighted by Gasteiger charge is -2.16. The van der Waals surface area contributed by atoms with Gasteiger partial charge in [0.2, 0.25) is 11.5 Å². The summed E-state index contributed by atoms with van der Waals surface area (Å²) in [6.07, 6.45) is 1.64. The summed E-state index contributed by atoms with van der Waals surface area (Å²) in [5, 5.41) is 11.4. The van der Waals surface area contributed by atoms with Crippen LogP contribution < -0.4 is 9.64 Å². The summed E-state index contributed by atoms with van der Waals surface area (Å²) in [5.41, 5.74) is 1.57. The first-order valence-corrected chi connectivity index (χ1v) is 7.05. The lowest BCUT2D eigenvalue weighted by atomic mass is 10.2. The van der Waals surface area contributed by atoms with E-state index < -0.39 is 4.92 Å². The number of fused-ring (bicyclic) bond motifs is 1. The Morgan fingerprint density at radius 3 is 2.65 bits per heavy atom. The summed E-state index contributed by atoms with van der Waals surface area (Å²) in [4.78, 5) is 17.2. The van der Waals surface area contributed by atoms with E-state index in [2.05, 4.69) is 4.98 Å². The number of hydrogen-bond donors (Lipinski definition) is 0. The molecule has 0 spiro atoms. The number of nitrogens with zero attached hydrogens (tertiary/aromatic N) is 4. The van der Waals surface area contributed by atoms with Crippen LogP contribution in [0.25, 0.3) is 5.65 Å². The molecule has 0 aliphatic heterocycles. The minimum absolute atomic E-state index is 0.0309. The number of hydrogen-bond acceptors (Lipinski definition) is 5. The monoisotopic (exact) mass is 312 g/mol. The van der Waals surface area contributed by atoms with Crippen LogP contribution in [-0.4, -0.2) is 28.5 Å². The molecule has 7 nitrogen and oxygen atoms in total. The van der Waals surface area contributed by atoms with Gasteiger partial charge in [-0.15, -0.1) is 0 Å². The standard InChI is InChI=1S/C16H16N4O3/c1-18(11-12-6-8-13(23-2)9-7-12)15-16(20(21)22)19-10-4-3-5-14(19)17-15/h3-10H,11H2,1-2H3. The molecule has 0 fully saturated rings. The Labute approximate surface area is 132 Å². The molecule has 0 saturated carbocycles. The maximum Gasteiger partial charge on any atom is 0.372 e. The molecule has 0 N–H and O–H groups in total. The van der Waals surface area contributed by atoms with Crippen LogP contribution in [0.2, 0.25) is 0 Å². The number of rotatable bonds is 5. The maximum atomic E-state index is 11.4. The number of anilines is 1. The van der Waals surface area contributed by atoms with Crippen molar-refractivity contribution >= 4 is 17.3 Å². The molecule has 0 saturated heterocycles. The molecule has 0 aliphatic rings. The van der Waals surface area contributed by atoms with Crippen LogP contribution in [0.3, 0.4) is 0 Å². The van der Waals surface area contributed by atoms with Crippen LogP contribution in [0, 0.1) is 10.1 Å². The predicted molar refractivity (Wildman–Crippen MR) is 86.9 cm³/mol. The molecule has 0 bridgehead atoms. The highest BCUT2D eigenvalue weighted by Crippen LogP contribution is 2.29. The number of aromatic nitrogens is 2. The minimum atomic E-state index is -0.403. The topological polar surface area (TPSA) is 72.9 Å². The molecule has 1 aromatic carbocycles. The number of benzene rings is 1. The van der Waals surface area contributed by atoms with E-state index in [0.29, 0.717) is 18.0 Å². The van der Waals surface area contributed by atoms with E-state index in [9.17, 15) is 10.1 Å². The minimum Gasteiger partial charge on any atom is -0.497 e. The van der Waals surface area contributed by atoms with Gasteiger partial charge in [-0.2, -0.15) is 9.38 Å². The maximum absolute atomic E-state index is 11.4. The highest BCUT2D eigenvalue weighted by atomic mass is 16.6. The van der Waals surface area contributed by atoms with Crippen LogP contribution in [-0.2, 0) is 6.54 Å². The fraction of sp³-hybridized carbons (Fsp3) is 0.188. The molecule has 118 valence electrons. The number of pyridine rings is 1. The first kappa shape index (κ1) is 14.8. The fourth-order valence-electron chi connectivity index (χ4n) is 2.48. The van der Waals surface area contributed by atoms with Gasteiger partial charge < -0.3 is 19.8 Å². The highest BCUT2D eigenvalue weighted by Gasteiger charge is 2.25. The predicted octanol–water partition coefficient (Wildman–Crippen LogP) is 2.89. The largest absolute Gasteiger partial charge is 0.497 e. The molecule has 2 heterocycles. The molecular formula is C16H16N4O3. The quantitative estimate of drug-likeness (QED) is 0.535. The average molecular weight is 312 g/mol. The second-order valence-corrected chi connectivity index (χ2v) is 5.15. The normalized spacial score (nSPS) is 10.7. The van der Waals surface area contributed by atoms with Crippen LogP contribution in [0.15, 0.2) is 48.7 Å². The summed E-state index contributed by atoms with van der Waals surface area (Å²) < 4.78 is 6.62. The van der Waals surface area contributed by atoms with Gasteiger partial charge in [0.05, 0.1) is 13.3 Å². The Bertz CT molecular complexity index is 842. The summed E-state index contributed by atoms with van der Waals surface area (Å²) >= 11 is 0. The van der Waals surface area contributed by atoms with E-state index in [1.807, 2.05) is 24.3 Å². The first-order chi connectivity index (χ1) is 11.1. The van der Waals surface area contributed by atoms with Crippen molar-refractivity contribution in [3.63, 3.8) is 0 Å². The van der Waals surface area contributed by atoms with Gasteiger partial charge in [0.1, 0.15) is 5.75 Å². The van der Waals surface area contributed by atoms with Crippen LogP contribution in [0.4, 0.5) is 11.6 Å². The van der Waals surface area contributed by atoms with Crippen molar-refractivity contribution in [1.29, 1.82) is 0 Å². The third kappa shape index (κ3) is 2.80. The van der Waals surface area contributed by atoms with Crippen molar-refractivity contribution in [2.45, 2.75) is 6.54 Å². The van der Waals surface area contributed by atoms with Crippen molar-refractivity contribution in [3.8, 4) is 5.75 Å². The van der Waals surface area contributed by atoms with Gasteiger partial charge in [-0.05, 0) is 28.7 Å². The number of nitro groups is 1. The van der Waals surface area contributed by atoms with Crippen molar-refractivity contribution in [2.24, 2.45) is 0 Å². The van der Waals surface area contributed by atoms with Gasteiger partial charge in [0, 0.05) is 19.7 Å². The number of methoxy groups -OCH3 is 1. The van der Waals surface area contributed by atoms with Gasteiger partial charge in [-0.3, -0.25) is 0 Å². The highest BCUT2D eigenvalue weighted by molar-refractivity contribution is 5.63. The first-order valence-electron chi connectivity index (χ1n) is 7.05. The zero-order valence-corrected chi connectivity index (χ0v) is 12.8. The van der Waals surface area contributed by atoms with Crippen LogP contribution >= 0.6 is 0 Å². The van der Waals surface area contributed by atoms with Crippen LogP contribution in [0.1, 0.15) is 5.56 Å². The number of ether oxygens (including phenoxy) is 1. The molecule has 7 heteroatoms. The van der Waals surface area contributed by atoms with Gasteiger partial charge >= 0.3 is 5.82 Å². The Kier molecular flexibility index (Phi) is 3.84. The SMILES string of the molecule is COc1ccc(CN(C)c2nc3ccccn3c2[N+](=O)[O-])cc1. The van der Waals surface area contributed by atoms with E-state index in [1.165, 1.54) is 4.40 Å². The molecule has 0 amide bonds. The smallest absolute Gasteiger partial charge is 0.372 e. The molecular weight excluding hydrogens is 296 g/mol. The van der Waals surface area contributed by atoms with Crippen molar-refractivity contribution in [3.05, 3.63) is 64.3 Å². The summed E-state index contributed by atoms with van der Waals surface area (Å²) in [5.74, 6) is 1.09. The van der Waals surface area contributed by atoms with Gasteiger partial charge in [-0.1, -0.05) is 18.2 Å². The summed E-state index contributed by atoms with van der Waals surface area (Å²) in [6.45, 7) is 0.509. The van der Waals surface area contributed by atoms with Crippen LogP contribution in [0.5, 0.6) is 5.75 Å². The second-order valence-electron chi connectivity index (χ2n) is 5.15. The van der Waals surface area contributed by atoms with Gasteiger partial charge in [-0.25, -0.2) is 0 Å². The lowest BCUT2D eigenvalue weighted by Crippen LogP contribution is -2.18. The van der Waals surface area contributed by atoms with E-state index in [4.69, 9.17) is 4.74 Å². The molecule has 2 aromatic heterocycles. The van der Waals surface area contributed by atoms with Crippen molar-refractivity contribution in [1.82, 2.24) is 9.38 Å².